The molecule has 1 saturated carbocycles. The van der Waals surface area contributed by atoms with E-state index in [1.165, 1.54) is 0 Å². The van der Waals surface area contributed by atoms with Crippen molar-refractivity contribution >= 4 is 11.9 Å². The smallest absolute Gasteiger partial charge is 0.335 e. The van der Waals surface area contributed by atoms with Crippen LogP contribution in [0.3, 0.4) is 0 Å². The second-order valence-corrected chi connectivity index (χ2v) is 6.64. The van der Waals surface area contributed by atoms with Crippen LogP contribution in [0.15, 0.2) is 4.99 Å². The Balaban J connectivity index is 2.47. The third-order valence-electron chi connectivity index (χ3n) is 4.75. The van der Waals surface area contributed by atoms with Gasteiger partial charge in [0.15, 0.2) is 11.1 Å². The van der Waals surface area contributed by atoms with Crippen molar-refractivity contribution < 1.29 is 19.4 Å². The van der Waals surface area contributed by atoms with E-state index in [0.29, 0.717) is 12.3 Å². The minimum absolute atomic E-state index is 0.0537. The molecule has 108 valence electrons. The van der Waals surface area contributed by atoms with Crippen LogP contribution in [0.2, 0.25) is 0 Å². The molecule has 0 aromatic rings. The fourth-order valence-corrected chi connectivity index (χ4v) is 2.65. The van der Waals surface area contributed by atoms with Crippen LogP contribution in [-0.4, -0.2) is 41.8 Å². The average Bonchev–Trinajstić information content (AvgIpc) is 2.27. The Morgan fingerprint density at radius 2 is 2.16 bits per heavy atom. The topological polar surface area (TPSA) is 68.1 Å². The van der Waals surface area contributed by atoms with Crippen molar-refractivity contribution in [3.05, 3.63) is 0 Å². The third kappa shape index (κ3) is 1.78. The van der Waals surface area contributed by atoms with Crippen molar-refractivity contribution in [2.24, 2.45) is 16.3 Å². The minimum atomic E-state index is -0.926. The molecule has 0 amide bonds. The van der Waals surface area contributed by atoms with E-state index < -0.39 is 11.1 Å². The first-order valence-electron chi connectivity index (χ1n) is 6.70. The molecule has 3 atom stereocenters. The van der Waals surface area contributed by atoms with Crippen LogP contribution in [0, 0.1) is 11.3 Å². The van der Waals surface area contributed by atoms with E-state index in [1.807, 2.05) is 27.7 Å². The summed E-state index contributed by atoms with van der Waals surface area (Å²) in [6.07, 6.45) is 1.41. The zero-order chi connectivity index (χ0) is 14.5. The first-order chi connectivity index (χ1) is 8.71. The maximum absolute atomic E-state index is 12.4. The van der Waals surface area contributed by atoms with E-state index in [-0.39, 0.29) is 23.9 Å². The molecule has 1 aliphatic heterocycles. The van der Waals surface area contributed by atoms with Gasteiger partial charge in [0.25, 0.3) is 0 Å². The number of nitrogens with zero attached hydrogens (tertiary/aromatic N) is 1. The summed E-state index contributed by atoms with van der Waals surface area (Å²) in [5.74, 6) is -0.0524. The molecule has 1 aliphatic carbocycles. The fraction of sp³-hybridized carbons (Fsp3) is 0.857. The van der Waals surface area contributed by atoms with Gasteiger partial charge in [0, 0.05) is 17.9 Å². The number of ether oxygens (including phenoxy) is 2. The Hall–Kier alpha value is -1.10. The van der Waals surface area contributed by atoms with Crippen molar-refractivity contribution in [3.63, 3.8) is 0 Å². The number of cyclic esters (lactones) is 1. The maximum atomic E-state index is 12.4. The van der Waals surface area contributed by atoms with Crippen LogP contribution in [0.25, 0.3) is 0 Å². The Morgan fingerprint density at radius 3 is 2.53 bits per heavy atom. The van der Waals surface area contributed by atoms with Crippen molar-refractivity contribution in [3.8, 4) is 0 Å². The summed E-state index contributed by atoms with van der Waals surface area (Å²) < 4.78 is 11.1. The minimum Gasteiger partial charge on any atom is -0.481 e. The van der Waals surface area contributed by atoms with Crippen LogP contribution < -0.4 is 0 Å². The summed E-state index contributed by atoms with van der Waals surface area (Å²) in [5, 5.41) is 9.35. The predicted octanol–water partition coefficient (Wildman–Crippen LogP) is 1.53. The number of carbonyl (C=O) groups is 1. The number of hydrogen-bond donors (Lipinski definition) is 1. The largest absolute Gasteiger partial charge is 0.481 e. The molecule has 0 unspecified atom stereocenters. The Kier molecular flexibility index (Phi) is 3.16. The van der Waals surface area contributed by atoms with E-state index in [9.17, 15) is 9.90 Å². The lowest BCUT2D eigenvalue weighted by Crippen LogP contribution is -2.65. The van der Waals surface area contributed by atoms with E-state index in [2.05, 4.69) is 4.99 Å². The summed E-state index contributed by atoms with van der Waals surface area (Å²) in [7, 11) is 1.54. The number of carbonyl (C=O) groups excluding carboxylic acids is 1. The highest BCUT2D eigenvalue weighted by molar-refractivity contribution is 5.97. The van der Waals surface area contributed by atoms with Crippen molar-refractivity contribution in [1.29, 1.82) is 0 Å². The van der Waals surface area contributed by atoms with E-state index in [1.54, 1.807) is 7.11 Å². The van der Waals surface area contributed by atoms with Gasteiger partial charge in [-0.05, 0) is 19.8 Å². The molecular weight excluding hydrogens is 246 g/mol. The van der Waals surface area contributed by atoms with E-state index >= 15 is 0 Å². The molecule has 0 aromatic heterocycles. The van der Waals surface area contributed by atoms with Crippen molar-refractivity contribution in [2.75, 3.05) is 13.7 Å². The van der Waals surface area contributed by atoms with Gasteiger partial charge in [-0.25, -0.2) is 9.79 Å². The standard InChI is InChI=1S/C14H23NO4/c1-12(2,3)13(4)10(18-5)15-14(11(17)19-13)7-6-9(14)8-16/h9,16H,6-8H2,1-5H3/t9-,13+,14-/m1/s1. The molecule has 1 spiro atoms. The fourth-order valence-electron chi connectivity index (χ4n) is 2.65. The molecule has 0 bridgehead atoms. The van der Waals surface area contributed by atoms with Gasteiger partial charge in [-0.2, -0.15) is 0 Å². The van der Waals surface area contributed by atoms with Crippen molar-refractivity contribution in [2.45, 2.75) is 51.7 Å². The molecule has 0 aromatic carbocycles. The quantitative estimate of drug-likeness (QED) is 0.733. The normalized spacial score (nSPS) is 38.5. The molecular formula is C14H23NO4. The first-order valence-corrected chi connectivity index (χ1v) is 6.70. The van der Waals surface area contributed by atoms with Crippen LogP contribution in [0.5, 0.6) is 0 Å². The molecule has 0 radical (unpaired) electrons. The second-order valence-electron chi connectivity index (χ2n) is 6.64. The first kappa shape index (κ1) is 14.3. The monoisotopic (exact) mass is 269 g/mol. The summed E-state index contributed by atoms with van der Waals surface area (Å²) in [6, 6.07) is 0. The molecule has 1 fully saturated rings. The highest BCUT2D eigenvalue weighted by Crippen LogP contribution is 2.49. The third-order valence-corrected chi connectivity index (χ3v) is 4.75. The summed E-state index contributed by atoms with van der Waals surface area (Å²) in [4.78, 5) is 16.9. The molecule has 1 N–H and O–H groups in total. The predicted molar refractivity (Wildman–Crippen MR) is 70.9 cm³/mol. The maximum Gasteiger partial charge on any atom is 0.335 e. The van der Waals surface area contributed by atoms with Gasteiger partial charge < -0.3 is 14.6 Å². The van der Waals surface area contributed by atoms with Gasteiger partial charge in [0.1, 0.15) is 0 Å². The molecule has 19 heavy (non-hydrogen) atoms. The highest BCUT2D eigenvalue weighted by atomic mass is 16.6. The number of aliphatic hydroxyl groups excluding tert-OH is 1. The lowest BCUT2D eigenvalue weighted by molar-refractivity contribution is -0.181. The summed E-state index contributed by atoms with van der Waals surface area (Å²) in [6.45, 7) is 7.72. The number of methoxy groups -OCH3 is 1. The zero-order valence-electron chi connectivity index (χ0n) is 12.3. The summed E-state index contributed by atoms with van der Waals surface area (Å²) >= 11 is 0. The Morgan fingerprint density at radius 1 is 1.53 bits per heavy atom. The van der Waals surface area contributed by atoms with Gasteiger partial charge in [-0.15, -0.1) is 0 Å². The van der Waals surface area contributed by atoms with Gasteiger partial charge in [-0.1, -0.05) is 20.8 Å². The number of hydrogen-bond acceptors (Lipinski definition) is 5. The molecule has 1 heterocycles. The number of rotatable bonds is 1. The Labute approximate surface area is 114 Å². The SMILES string of the molecule is COC1=N[C@@]2(CC[C@@H]2CO)C(=O)O[C@]1(C)C(C)(C)C. The van der Waals surface area contributed by atoms with Crippen LogP contribution in [0.4, 0.5) is 0 Å². The van der Waals surface area contributed by atoms with Crippen LogP contribution >= 0.6 is 0 Å². The van der Waals surface area contributed by atoms with Crippen LogP contribution in [0.1, 0.15) is 40.5 Å². The Bertz CT molecular complexity index is 424. The summed E-state index contributed by atoms with van der Waals surface area (Å²) in [5.41, 5.74) is -2.12. The second kappa shape index (κ2) is 4.20. The molecule has 2 rings (SSSR count). The molecule has 5 heteroatoms. The molecule has 2 aliphatic rings. The zero-order valence-corrected chi connectivity index (χ0v) is 12.3. The highest BCUT2D eigenvalue weighted by Gasteiger charge is 2.62. The number of esters is 1. The molecule has 0 saturated heterocycles. The van der Waals surface area contributed by atoms with E-state index in [0.717, 1.165) is 6.42 Å². The van der Waals surface area contributed by atoms with Gasteiger partial charge in [0.2, 0.25) is 5.90 Å². The number of aliphatic hydroxyl groups is 1. The lowest BCUT2D eigenvalue weighted by atomic mass is 9.65. The number of aliphatic imine (C=N–C) groups is 1. The molecule has 5 nitrogen and oxygen atoms in total. The lowest BCUT2D eigenvalue weighted by Gasteiger charge is -2.51. The van der Waals surface area contributed by atoms with Gasteiger partial charge in [0.05, 0.1) is 7.11 Å². The van der Waals surface area contributed by atoms with Gasteiger partial charge >= 0.3 is 5.97 Å². The average molecular weight is 269 g/mol. The van der Waals surface area contributed by atoms with Gasteiger partial charge in [-0.3, -0.25) is 0 Å². The van der Waals surface area contributed by atoms with Crippen LogP contribution in [-0.2, 0) is 14.3 Å². The van der Waals surface area contributed by atoms with Crippen molar-refractivity contribution in [1.82, 2.24) is 0 Å². The van der Waals surface area contributed by atoms with E-state index in [4.69, 9.17) is 9.47 Å².